The van der Waals surface area contributed by atoms with E-state index in [0.29, 0.717) is 13.0 Å². The monoisotopic (exact) mass is 437 g/mol. The lowest BCUT2D eigenvalue weighted by Gasteiger charge is -2.26. The summed E-state index contributed by atoms with van der Waals surface area (Å²) in [4.78, 5) is 56.8. The van der Waals surface area contributed by atoms with E-state index in [-0.39, 0.29) is 25.4 Å². The molecule has 0 radical (unpaired) electrons. The molecule has 1 aliphatic heterocycles. The molecule has 8 nitrogen and oxygen atoms in total. The van der Waals surface area contributed by atoms with Crippen molar-refractivity contribution in [3.8, 4) is 0 Å². The van der Waals surface area contributed by atoms with Crippen LogP contribution in [0.4, 0.5) is 0 Å². The lowest BCUT2D eigenvalue weighted by Crippen LogP contribution is -2.53. The Morgan fingerprint density at radius 3 is 2.28 bits per heavy atom. The number of nitrogens with zero attached hydrogens (tertiary/aromatic N) is 1. The van der Waals surface area contributed by atoms with E-state index in [0.717, 1.165) is 11.1 Å². The Labute approximate surface area is 186 Å². The Hall–Kier alpha value is -3.52. The minimum absolute atomic E-state index is 0.117. The van der Waals surface area contributed by atoms with E-state index in [1.165, 1.54) is 4.90 Å². The maximum Gasteiger partial charge on any atom is 0.313 e. The molecule has 1 fully saturated rings. The van der Waals surface area contributed by atoms with Gasteiger partial charge in [0.05, 0.1) is 6.61 Å². The van der Waals surface area contributed by atoms with Crippen molar-refractivity contribution in [2.75, 3.05) is 6.61 Å². The molecule has 2 aromatic rings. The zero-order valence-corrected chi connectivity index (χ0v) is 18.0. The number of hydrogen-bond donors (Lipinski definition) is 2. The maximum atomic E-state index is 13.1. The molecule has 2 N–H and O–H groups in total. The molecular weight excluding hydrogens is 410 g/mol. The van der Waals surface area contributed by atoms with Gasteiger partial charge >= 0.3 is 5.91 Å². The Morgan fingerprint density at radius 2 is 1.66 bits per heavy atom. The average molecular weight is 437 g/mol. The van der Waals surface area contributed by atoms with Gasteiger partial charge in [-0.1, -0.05) is 60.7 Å². The summed E-state index contributed by atoms with van der Waals surface area (Å²) in [5, 5.41) is 2.70. The van der Waals surface area contributed by atoms with Gasteiger partial charge < -0.3 is 10.2 Å². The van der Waals surface area contributed by atoms with Crippen LogP contribution in [0.1, 0.15) is 30.9 Å². The van der Waals surface area contributed by atoms with Crippen LogP contribution in [0.25, 0.3) is 0 Å². The van der Waals surface area contributed by atoms with Crippen LogP contribution in [0, 0.1) is 0 Å². The molecule has 2 aromatic carbocycles. The van der Waals surface area contributed by atoms with Crippen molar-refractivity contribution in [1.29, 1.82) is 0 Å². The lowest BCUT2D eigenvalue weighted by atomic mass is 10.0. The van der Waals surface area contributed by atoms with Gasteiger partial charge in [-0.25, -0.2) is 5.48 Å². The SMILES string of the molecule is CCONC(=O)C(=O)C(Cc1ccccc1)NC(=O)[C@@H]1CCC(=O)N1Cc1ccccc1. The molecule has 3 amide bonds. The first kappa shape index (κ1) is 23.1. The predicted octanol–water partition coefficient (Wildman–Crippen LogP) is 1.54. The highest BCUT2D eigenvalue weighted by Crippen LogP contribution is 2.22. The van der Waals surface area contributed by atoms with Crippen molar-refractivity contribution in [2.24, 2.45) is 0 Å². The van der Waals surface area contributed by atoms with Gasteiger partial charge in [-0.05, 0) is 24.5 Å². The highest BCUT2D eigenvalue weighted by molar-refractivity contribution is 6.38. The number of amides is 3. The topological polar surface area (TPSA) is 105 Å². The Morgan fingerprint density at radius 1 is 1.03 bits per heavy atom. The van der Waals surface area contributed by atoms with Gasteiger partial charge in [0, 0.05) is 19.4 Å². The highest BCUT2D eigenvalue weighted by Gasteiger charge is 2.38. The van der Waals surface area contributed by atoms with E-state index in [9.17, 15) is 19.2 Å². The van der Waals surface area contributed by atoms with Crippen molar-refractivity contribution in [2.45, 2.75) is 44.8 Å². The number of likely N-dealkylation sites (tertiary alicyclic amines) is 1. The number of nitrogens with one attached hydrogen (secondary N) is 2. The number of rotatable bonds is 10. The fourth-order valence-corrected chi connectivity index (χ4v) is 3.66. The summed E-state index contributed by atoms with van der Waals surface area (Å²) >= 11 is 0. The highest BCUT2D eigenvalue weighted by atomic mass is 16.6. The minimum Gasteiger partial charge on any atom is -0.344 e. The number of carbonyl (C=O) groups is 4. The number of hydrogen-bond acceptors (Lipinski definition) is 5. The molecule has 0 bridgehead atoms. The van der Waals surface area contributed by atoms with E-state index in [4.69, 9.17) is 4.84 Å². The summed E-state index contributed by atoms with van der Waals surface area (Å²) in [7, 11) is 0. The summed E-state index contributed by atoms with van der Waals surface area (Å²) in [6.45, 7) is 2.18. The molecule has 1 heterocycles. The van der Waals surface area contributed by atoms with Gasteiger partial charge in [0.1, 0.15) is 12.1 Å². The molecule has 2 atom stereocenters. The largest absolute Gasteiger partial charge is 0.344 e. The van der Waals surface area contributed by atoms with E-state index in [1.807, 2.05) is 60.7 Å². The molecule has 32 heavy (non-hydrogen) atoms. The molecular formula is C24H27N3O5. The quantitative estimate of drug-likeness (QED) is 0.433. The third kappa shape index (κ3) is 6.01. The zero-order chi connectivity index (χ0) is 22.9. The fraction of sp³-hybridized carbons (Fsp3) is 0.333. The first-order valence-corrected chi connectivity index (χ1v) is 10.6. The van der Waals surface area contributed by atoms with E-state index >= 15 is 0 Å². The molecule has 1 saturated heterocycles. The smallest absolute Gasteiger partial charge is 0.313 e. The van der Waals surface area contributed by atoms with E-state index in [1.54, 1.807) is 6.92 Å². The summed E-state index contributed by atoms with van der Waals surface area (Å²) in [5.74, 6) is -2.31. The number of hydroxylamine groups is 1. The Kier molecular flexibility index (Phi) is 8.10. The van der Waals surface area contributed by atoms with Crippen molar-refractivity contribution < 1.29 is 24.0 Å². The van der Waals surface area contributed by atoms with Crippen molar-refractivity contribution in [3.63, 3.8) is 0 Å². The molecule has 8 heteroatoms. The van der Waals surface area contributed by atoms with Crippen LogP contribution in [-0.4, -0.2) is 47.1 Å². The molecule has 0 saturated carbocycles. The maximum absolute atomic E-state index is 13.1. The first-order chi connectivity index (χ1) is 15.5. The predicted molar refractivity (Wildman–Crippen MR) is 117 cm³/mol. The van der Waals surface area contributed by atoms with Crippen molar-refractivity contribution >= 4 is 23.5 Å². The standard InChI is InChI=1S/C24H27N3O5/c1-2-32-26-24(31)22(29)19(15-17-9-5-3-6-10-17)25-23(30)20-13-14-21(28)27(20)16-18-11-7-4-8-12-18/h3-12,19-20H,2,13-16H2,1H3,(H,25,30)(H,26,31)/t19?,20-/m0/s1. The second kappa shape index (κ2) is 11.2. The van der Waals surface area contributed by atoms with Crippen LogP contribution in [0.2, 0.25) is 0 Å². The lowest BCUT2D eigenvalue weighted by molar-refractivity contribution is -0.147. The van der Waals surface area contributed by atoms with Crippen LogP contribution >= 0.6 is 0 Å². The van der Waals surface area contributed by atoms with Crippen LogP contribution in [0.5, 0.6) is 0 Å². The number of Topliss-reactive ketones (excluding diaryl/α,β-unsaturated/α-hetero) is 1. The summed E-state index contributed by atoms with van der Waals surface area (Å²) in [5.41, 5.74) is 3.79. The molecule has 168 valence electrons. The Bertz CT molecular complexity index is 949. The van der Waals surface area contributed by atoms with Gasteiger partial charge in [-0.2, -0.15) is 0 Å². The molecule has 0 aromatic heterocycles. The third-order valence-corrected chi connectivity index (χ3v) is 5.28. The van der Waals surface area contributed by atoms with E-state index in [2.05, 4.69) is 10.8 Å². The number of carbonyl (C=O) groups excluding carboxylic acids is 4. The second-order valence-corrected chi connectivity index (χ2v) is 7.54. The third-order valence-electron chi connectivity index (χ3n) is 5.28. The molecule has 1 aliphatic rings. The first-order valence-electron chi connectivity index (χ1n) is 10.6. The van der Waals surface area contributed by atoms with Gasteiger partial charge in [0.2, 0.25) is 17.6 Å². The summed E-state index contributed by atoms with van der Waals surface area (Å²) in [6.07, 6.45) is 0.756. The van der Waals surface area contributed by atoms with Crippen LogP contribution in [-0.2, 0) is 37.0 Å². The fourth-order valence-electron chi connectivity index (χ4n) is 3.66. The normalized spacial score (nSPS) is 16.5. The van der Waals surface area contributed by atoms with Crippen LogP contribution in [0.15, 0.2) is 60.7 Å². The zero-order valence-electron chi connectivity index (χ0n) is 18.0. The minimum atomic E-state index is -1.08. The van der Waals surface area contributed by atoms with Crippen LogP contribution in [0.3, 0.4) is 0 Å². The molecule has 1 unspecified atom stereocenters. The molecule has 3 rings (SSSR count). The average Bonchev–Trinajstić information content (AvgIpc) is 3.18. The Balaban J connectivity index is 1.74. The van der Waals surface area contributed by atoms with Gasteiger partial charge in [-0.15, -0.1) is 0 Å². The molecule has 0 spiro atoms. The summed E-state index contributed by atoms with van der Waals surface area (Å²) < 4.78 is 0. The summed E-state index contributed by atoms with van der Waals surface area (Å²) in [6, 6.07) is 16.7. The van der Waals surface area contributed by atoms with Crippen LogP contribution < -0.4 is 10.8 Å². The van der Waals surface area contributed by atoms with E-state index < -0.39 is 29.7 Å². The second-order valence-electron chi connectivity index (χ2n) is 7.54. The number of ketones is 1. The number of benzene rings is 2. The van der Waals surface area contributed by atoms with Crippen molar-refractivity contribution in [1.82, 2.24) is 15.7 Å². The molecule has 0 aliphatic carbocycles. The van der Waals surface area contributed by atoms with Crippen molar-refractivity contribution in [3.05, 3.63) is 71.8 Å². The van der Waals surface area contributed by atoms with Gasteiger partial charge in [-0.3, -0.25) is 24.0 Å². The van der Waals surface area contributed by atoms with Gasteiger partial charge in [0.15, 0.2) is 0 Å². The van der Waals surface area contributed by atoms with Gasteiger partial charge in [0.25, 0.3) is 0 Å².